The first-order valence-electron chi connectivity index (χ1n) is 11.4. The summed E-state index contributed by atoms with van der Waals surface area (Å²) >= 11 is 0. The van der Waals surface area contributed by atoms with Gasteiger partial charge in [-0.3, -0.25) is 19.2 Å². The molecule has 0 heterocycles. The Morgan fingerprint density at radius 2 is 1.89 bits per heavy atom. The largest absolute Gasteiger partial charge is 0.507 e. The minimum atomic E-state index is -2.67. The number of aliphatic hydroxyl groups excluding tert-OH is 1. The summed E-state index contributed by atoms with van der Waals surface area (Å²) in [5, 5.41) is 33.0. The molecule has 10 heteroatoms. The highest BCUT2D eigenvalue weighted by Gasteiger charge is 2.69. The van der Waals surface area contributed by atoms with Crippen LogP contribution in [0.1, 0.15) is 34.8 Å². The molecule has 10 nitrogen and oxygen atoms in total. The van der Waals surface area contributed by atoms with Gasteiger partial charge in [0, 0.05) is 12.0 Å². The number of nitrogens with two attached hydrogens (primary N) is 1. The number of carbonyl (C=O) groups is 4. The number of hydrogen-bond donors (Lipinski definition) is 4. The van der Waals surface area contributed by atoms with Gasteiger partial charge in [0.25, 0.3) is 0 Å². The first-order valence-corrected chi connectivity index (χ1v) is 11.4. The van der Waals surface area contributed by atoms with Crippen LogP contribution in [0.2, 0.25) is 0 Å². The molecular formula is C25H30N2O8. The number of benzene rings is 1. The Morgan fingerprint density at radius 3 is 2.46 bits per heavy atom. The highest BCUT2D eigenvalue weighted by molar-refractivity contribution is 6.25. The van der Waals surface area contributed by atoms with Crippen molar-refractivity contribution in [3.8, 4) is 5.75 Å². The summed E-state index contributed by atoms with van der Waals surface area (Å²) < 4.78 is 5.10. The van der Waals surface area contributed by atoms with E-state index in [-0.39, 0.29) is 24.2 Å². The maximum atomic E-state index is 13.8. The number of phenolic OH excluding ortho intramolecular Hbond substituents is 1. The van der Waals surface area contributed by atoms with Gasteiger partial charge in [0.2, 0.25) is 5.91 Å². The number of allylic oxidation sites excluding steroid dienone is 1. The average Bonchev–Trinajstić information content (AvgIpc) is 2.76. The minimum Gasteiger partial charge on any atom is -0.507 e. The van der Waals surface area contributed by atoms with Gasteiger partial charge in [0.1, 0.15) is 11.7 Å². The molecule has 5 N–H and O–H groups in total. The Hall–Kier alpha value is -3.08. The molecule has 7 atom stereocenters. The standard InChI is InChI=1S/C25H30N2O8/c1-10(9-35-4)12-5-6-15(28)17-13(12)7-11-8-14-19(27(2)3)21(30)18(24(26)33)23(32)25(14,34)22(31)16(11)20(17)29/h5-6,9,11,14,16,18-19,21,28,30,34H,7-8H2,1-4H3,(H2,26,33)/t11-,14-,16?,18?,19-,21?,25-/m1/s1. The Morgan fingerprint density at radius 1 is 1.23 bits per heavy atom. The number of ether oxygens (including phenoxy) is 1. The van der Waals surface area contributed by atoms with E-state index in [2.05, 4.69) is 0 Å². The number of amides is 1. The maximum Gasteiger partial charge on any atom is 0.230 e. The van der Waals surface area contributed by atoms with Crippen LogP contribution in [-0.4, -0.2) is 82.4 Å². The quantitative estimate of drug-likeness (QED) is 0.329. The van der Waals surface area contributed by atoms with E-state index in [0.29, 0.717) is 16.7 Å². The van der Waals surface area contributed by atoms with Gasteiger partial charge in [0.15, 0.2) is 23.0 Å². The molecule has 1 amide bonds. The topological polar surface area (TPSA) is 167 Å². The van der Waals surface area contributed by atoms with Crippen molar-refractivity contribution in [3.05, 3.63) is 35.1 Å². The SMILES string of the molecule is COC=C(C)c1ccc(O)c2c1C[C@@H]1C[C@@H]3[C@@H](N(C)C)C(O)C(C(N)=O)C(=O)[C@]3(O)C(=O)C1C2=O. The first kappa shape index (κ1) is 25.0. The number of phenols is 1. The number of nitrogens with zero attached hydrogens (tertiary/aromatic N) is 1. The van der Waals surface area contributed by atoms with Gasteiger partial charge >= 0.3 is 0 Å². The molecule has 2 saturated carbocycles. The van der Waals surface area contributed by atoms with Crippen LogP contribution in [0.3, 0.4) is 0 Å². The van der Waals surface area contributed by atoms with Crippen LogP contribution in [0.4, 0.5) is 0 Å². The van der Waals surface area contributed by atoms with Crippen molar-refractivity contribution in [2.45, 2.75) is 37.5 Å². The van der Waals surface area contributed by atoms with E-state index >= 15 is 0 Å². The number of Topliss-reactive ketones (excluding diaryl/α,β-unsaturated/α-hetero) is 3. The summed E-state index contributed by atoms with van der Waals surface area (Å²) in [6.07, 6.45) is 0.280. The summed E-state index contributed by atoms with van der Waals surface area (Å²) in [7, 11) is 4.70. The molecule has 35 heavy (non-hydrogen) atoms. The number of hydrogen-bond acceptors (Lipinski definition) is 9. The second kappa shape index (κ2) is 8.54. The van der Waals surface area contributed by atoms with Crippen molar-refractivity contribution in [1.29, 1.82) is 0 Å². The number of ketones is 3. The third kappa shape index (κ3) is 3.42. The molecule has 0 spiro atoms. The predicted octanol–water partition coefficient (Wildman–Crippen LogP) is -0.334. The molecule has 0 aromatic heterocycles. The lowest BCUT2D eigenvalue weighted by molar-refractivity contribution is -0.190. The summed E-state index contributed by atoms with van der Waals surface area (Å²) in [4.78, 5) is 54.3. The van der Waals surface area contributed by atoms with E-state index < -0.39 is 64.7 Å². The van der Waals surface area contributed by atoms with Gasteiger partial charge in [-0.25, -0.2) is 0 Å². The zero-order chi connectivity index (χ0) is 26.0. The summed E-state index contributed by atoms with van der Waals surface area (Å²) in [5.41, 5.74) is 4.63. The Kier molecular flexibility index (Phi) is 6.11. The smallest absolute Gasteiger partial charge is 0.230 e. The number of carbonyl (C=O) groups excluding carboxylic acids is 4. The summed E-state index contributed by atoms with van der Waals surface area (Å²) in [6, 6.07) is 2.09. The van der Waals surface area contributed by atoms with Crippen molar-refractivity contribution in [1.82, 2.24) is 4.90 Å². The lowest BCUT2D eigenvalue weighted by Gasteiger charge is -2.54. The fraction of sp³-hybridized carbons (Fsp3) is 0.520. The van der Waals surface area contributed by atoms with Crippen LogP contribution >= 0.6 is 0 Å². The number of fused-ring (bicyclic) bond motifs is 3. The summed E-state index contributed by atoms with van der Waals surface area (Å²) in [5.74, 6) is -9.16. The molecule has 0 bridgehead atoms. The number of aliphatic hydroxyl groups is 2. The normalized spacial score (nSPS) is 34.8. The zero-order valence-electron chi connectivity index (χ0n) is 20.0. The second-order valence-electron chi connectivity index (χ2n) is 9.99. The van der Waals surface area contributed by atoms with Crippen LogP contribution < -0.4 is 5.73 Å². The van der Waals surface area contributed by atoms with Crippen LogP contribution in [-0.2, 0) is 25.5 Å². The van der Waals surface area contributed by atoms with Gasteiger partial charge in [-0.1, -0.05) is 6.07 Å². The number of primary amides is 1. The molecule has 0 saturated heterocycles. The third-order valence-electron chi connectivity index (χ3n) is 7.89. The fourth-order valence-corrected chi connectivity index (χ4v) is 6.43. The van der Waals surface area contributed by atoms with Crippen molar-refractivity contribution >= 4 is 28.8 Å². The molecular weight excluding hydrogens is 456 g/mol. The van der Waals surface area contributed by atoms with E-state index in [1.165, 1.54) is 19.4 Å². The van der Waals surface area contributed by atoms with Gasteiger partial charge in [-0.2, -0.15) is 0 Å². The van der Waals surface area contributed by atoms with Gasteiger partial charge in [-0.15, -0.1) is 0 Å². The van der Waals surface area contributed by atoms with Gasteiger partial charge < -0.3 is 30.7 Å². The summed E-state index contributed by atoms with van der Waals surface area (Å²) in [6.45, 7) is 1.79. The molecule has 3 aliphatic carbocycles. The first-order chi connectivity index (χ1) is 16.4. The predicted molar refractivity (Wildman–Crippen MR) is 123 cm³/mol. The monoisotopic (exact) mass is 486 g/mol. The number of methoxy groups -OCH3 is 1. The third-order valence-corrected chi connectivity index (χ3v) is 7.89. The maximum absolute atomic E-state index is 13.8. The van der Waals surface area contributed by atoms with E-state index in [4.69, 9.17) is 10.5 Å². The molecule has 1 aromatic carbocycles. The van der Waals surface area contributed by atoms with Crippen molar-refractivity contribution in [3.63, 3.8) is 0 Å². The van der Waals surface area contributed by atoms with Gasteiger partial charge in [-0.05, 0) is 62.5 Å². The van der Waals surface area contributed by atoms with Crippen molar-refractivity contribution < 1.29 is 39.2 Å². The van der Waals surface area contributed by atoms with Crippen LogP contribution in [0, 0.1) is 23.7 Å². The molecule has 0 radical (unpaired) electrons. The van der Waals surface area contributed by atoms with E-state index in [9.17, 15) is 34.5 Å². The number of likely N-dealkylation sites (N-methyl/N-ethyl adjacent to an activating group) is 1. The molecule has 3 unspecified atom stereocenters. The molecule has 3 aliphatic rings. The zero-order valence-corrected chi connectivity index (χ0v) is 20.0. The van der Waals surface area contributed by atoms with E-state index in [1.54, 1.807) is 32.0 Å². The van der Waals surface area contributed by atoms with Gasteiger partial charge in [0.05, 0.1) is 31.0 Å². The molecule has 1 aromatic rings. The highest BCUT2D eigenvalue weighted by Crippen LogP contribution is 2.52. The van der Waals surface area contributed by atoms with Crippen LogP contribution in [0.15, 0.2) is 18.4 Å². The lowest BCUT2D eigenvalue weighted by atomic mass is 9.52. The minimum absolute atomic E-state index is 0.0260. The van der Waals surface area contributed by atoms with Crippen molar-refractivity contribution in [2.75, 3.05) is 21.2 Å². The van der Waals surface area contributed by atoms with Crippen LogP contribution in [0.5, 0.6) is 5.75 Å². The van der Waals surface area contributed by atoms with Crippen molar-refractivity contribution in [2.24, 2.45) is 29.4 Å². The van der Waals surface area contributed by atoms with E-state index in [0.717, 1.165) is 0 Å². The van der Waals surface area contributed by atoms with E-state index in [1.807, 2.05) is 0 Å². The Labute approximate surface area is 202 Å². The highest BCUT2D eigenvalue weighted by atomic mass is 16.5. The average molecular weight is 487 g/mol. The fourth-order valence-electron chi connectivity index (χ4n) is 6.43. The molecule has 188 valence electrons. The molecule has 2 fully saturated rings. The van der Waals surface area contributed by atoms with Crippen LogP contribution in [0.25, 0.3) is 5.57 Å². The molecule has 4 rings (SSSR count). The Balaban J connectivity index is 1.88. The lowest BCUT2D eigenvalue weighted by Crippen LogP contribution is -2.75. The second-order valence-corrected chi connectivity index (χ2v) is 9.99. The number of aromatic hydroxyl groups is 1. The number of rotatable bonds is 4. The Bertz CT molecular complexity index is 1160. The molecule has 0 aliphatic heterocycles.